The standard InChI is InChI=1S/C12H21N5O2/c1-13-10-15-11(17-12(16-10)18-2)14-6-3-7-19-8-9-4-5-9/h9H,3-8H2,1-2H3,(H2,13,14,15,16,17). The molecule has 1 aliphatic rings. The molecule has 0 amide bonds. The SMILES string of the molecule is CNc1nc(NCCCOCC2CC2)nc(OC)n1. The zero-order chi connectivity index (χ0) is 13.5. The van der Waals surface area contributed by atoms with E-state index in [1.54, 1.807) is 7.05 Å². The van der Waals surface area contributed by atoms with Crippen molar-refractivity contribution in [2.75, 3.05) is 44.5 Å². The van der Waals surface area contributed by atoms with E-state index in [1.165, 1.54) is 20.0 Å². The van der Waals surface area contributed by atoms with E-state index in [0.717, 1.165) is 32.1 Å². The highest BCUT2D eigenvalue weighted by Gasteiger charge is 2.20. The summed E-state index contributed by atoms with van der Waals surface area (Å²) >= 11 is 0. The molecule has 0 atom stereocenters. The molecule has 2 N–H and O–H groups in total. The second-order valence-electron chi connectivity index (χ2n) is 4.52. The normalized spacial score (nSPS) is 14.2. The lowest BCUT2D eigenvalue weighted by Gasteiger charge is -2.08. The summed E-state index contributed by atoms with van der Waals surface area (Å²) in [6, 6.07) is 0.298. The van der Waals surface area contributed by atoms with Crippen LogP contribution in [0.4, 0.5) is 11.9 Å². The van der Waals surface area contributed by atoms with Crippen LogP contribution in [0, 0.1) is 5.92 Å². The van der Waals surface area contributed by atoms with Gasteiger partial charge in [-0.25, -0.2) is 0 Å². The van der Waals surface area contributed by atoms with E-state index in [2.05, 4.69) is 25.6 Å². The molecule has 1 heterocycles. The fraction of sp³-hybridized carbons (Fsp3) is 0.750. The molecule has 7 nitrogen and oxygen atoms in total. The molecule has 106 valence electrons. The van der Waals surface area contributed by atoms with Gasteiger partial charge in [0.2, 0.25) is 11.9 Å². The molecule has 1 fully saturated rings. The topological polar surface area (TPSA) is 81.2 Å². The molecule has 0 unspecified atom stereocenters. The molecule has 0 spiro atoms. The lowest BCUT2D eigenvalue weighted by Crippen LogP contribution is -2.11. The zero-order valence-electron chi connectivity index (χ0n) is 11.5. The lowest BCUT2D eigenvalue weighted by molar-refractivity contribution is 0.124. The van der Waals surface area contributed by atoms with Crippen LogP contribution >= 0.6 is 0 Å². The van der Waals surface area contributed by atoms with Gasteiger partial charge in [0, 0.05) is 26.8 Å². The minimum Gasteiger partial charge on any atom is -0.467 e. The molecule has 1 aromatic heterocycles. The second kappa shape index (κ2) is 7.08. The van der Waals surface area contributed by atoms with Gasteiger partial charge < -0.3 is 20.1 Å². The van der Waals surface area contributed by atoms with Gasteiger partial charge in [-0.2, -0.15) is 15.0 Å². The van der Waals surface area contributed by atoms with Gasteiger partial charge in [0.15, 0.2) is 0 Å². The molecular formula is C12H21N5O2. The maximum absolute atomic E-state index is 5.56. The zero-order valence-corrected chi connectivity index (χ0v) is 11.5. The quantitative estimate of drug-likeness (QED) is 0.649. The molecule has 0 bridgehead atoms. The van der Waals surface area contributed by atoms with Crippen LogP contribution in [0.25, 0.3) is 0 Å². The predicted octanol–water partition coefficient (Wildman–Crippen LogP) is 1.15. The largest absolute Gasteiger partial charge is 0.467 e. The summed E-state index contributed by atoms with van der Waals surface area (Å²) in [6.07, 6.45) is 3.58. The van der Waals surface area contributed by atoms with Crippen molar-refractivity contribution in [3.8, 4) is 6.01 Å². The first kappa shape index (κ1) is 13.8. The minimum atomic E-state index is 0.298. The number of anilines is 2. The molecule has 0 aromatic carbocycles. The monoisotopic (exact) mass is 267 g/mol. The van der Waals surface area contributed by atoms with Crippen molar-refractivity contribution in [3.05, 3.63) is 0 Å². The first-order valence-corrected chi connectivity index (χ1v) is 6.61. The number of nitrogens with one attached hydrogen (secondary N) is 2. The van der Waals surface area contributed by atoms with E-state index < -0.39 is 0 Å². The van der Waals surface area contributed by atoms with Gasteiger partial charge in [0.05, 0.1) is 7.11 Å². The fourth-order valence-electron chi connectivity index (χ4n) is 1.55. The first-order chi connectivity index (χ1) is 9.31. The highest BCUT2D eigenvalue weighted by molar-refractivity contribution is 5.35. The van der Waals surface area contributed by atoms with Crippen LogP contribution in [0.1, 0.15) is 19.3 Å². The molecule has 2 rings (SSSR count). The third-order valence-corrected chi connectivity index (χ3v) is 2.82. The van der Waals surface area contributed by atoms with E-state index in [9.17, 15) is 0 Å². The van der Waals surface area contributed by atoms with E-state index in [1.807, 2.05) is 0 Å². The molecule has 1 aliphatic carbocycles. The van der Waals surface area contributed by atoms with Crippen LogP contribution in [0.3, 0.4) is 0 Å². The van der Waals surface area contributed by atoms with Gasteiger partial charge in [-0.3, -0.25) is 0 Å². The van der Waals surface area contributed by atoms with E-state index in [4.69, 9.17) is 9.47 Å². The van der Waals surface area contributed by atoms with Crippen molar-refractivity contribution >= 4 is 11.9 Å². The van der Waals surface area contributed by atoms with Gasteiger partial charge in [-0.15, -0.1) is 0 Å². The smallest absolute Gasteiger partial charge is 0.322 e. The number of nitrogens with zero attached hydrogens (tertiary/aromatic N) is 3. The second-order valence-corrected chi connectivity index (χ2v) is 4.52. The molecule has 0 radical (unpaired) electrons. The molecule has 0 saturated heterocycles. The third-order valence-electron chi connectivity index (χ3n) is 2.82. The van der Waals surface area contributed by atoms with Crippen LogP contribution < -0.4 is 15.4 Å². The van der Waals surface area contributed by atoms with Crippen molar-refractivity contribution in [3.63, 3.8) is 0 Å². The predicted molar refractivity (Wildman–Crippen MR) is 72.6 cm³/mol. The number of hydrogen-bond donors (Lipinski definition) is 2. The van der Waals surface area contributed by atoms with Crippen LogP contribution in [-0.2, 0) is 4.74 Å². The van der Waals surface area contributed by atoms with E-state index in [-0.39, 0.29) is 0 Å². The Kier molecular flexibility index (Phi) is 5.14. The maximum Gasteiger partial charge on any atom is 0.322 e. The molecule has 1 saturated carbocycles. The Bertz CT molecular complexity index is 375. The number of aromatic nitrogens is 3. The lowest BCUT2D eigenvalue weighted by atomic mass is 10.4. The highest BCUT2D eigenvalue weighted by atomic mass is 16.5. The summed E-state index contributed by atoms with van der Waals surface area (Å²) in [5.41, 5.74) is 0. The Balaban J connectivity index is 1.68. The molecular weight excluding hydrogens is 246 g/mol. The summed E-state index contributed by atoms with van der Waals surface area (Å²) in [5, 5.41) is 6.00. The van der Waals surface area contributed by atoms with Crippen LogP contribution in [0.15, 0.2) is 0 Å². The number of methoxy groups -OCH3 is 1. The van der Waals surface area contributed by atoms with E-state index in [0.29, 0.717) is 17.9 Å². The average Bonchev–Trinajstić information content (AvgIpc) is 3.26. The van der Waals surface area contributed by atoms with Crippen molar-refractivity contribution in [1.82, 2.24) is 15.0 Å². The Labute approximate surface area is 113 Å². The Hall–Kier alpha value is -1.63. The number of ether oxygens (including phenoxy) is 2. The maximum atomic E-state index is 5.56. The Morgan fingerprint density at radius 3 is 2.68 bits per heavy atom. The third kappa shape index (κ3) is 4.86. The fourth-order valence-corrected chi connectivity index (χ4v) is 1.55. The summed E-state index contributed by atoms with van der Waals surface area (Å²) < 4.78 is 10.6. The van der Waals surface area contributed by atoms with Crippen molar-refractivity contribution in [2.24, 2.45) is 5.92 Å². The van der Waals surface area contributed by atoms with Gasteiger partial charge >= 0.3 is 6.01 Å². The number of rotatable bonds is 9. The summed E-state index contributed by atoms with van der Waals surface area (Å²) in [5.74, 6) is 1.82. The molecule has 7 heteroatoms. The molecule has 0 aliphatic heterocycles. The first-order valence-electron chi connectivity index (χ1n) is 6.61. The van der Waals surface area contributed by atoms with Gasteiger partial charge in [-0.05, 0) is 25.2 Å². The summed E-state index contributed by atoms with van der Waals surface area (Å²) in [4.78, 5) is 12.3. The summed E-state index contributed by atoms with van der Waals surface area (Å²) in [6.45, 7) is 2.44. The minimum absolute atomic E-state index is 0.298. The van der Waals surface area contributed by atoms with Crippen LogP contribution in [0.5, 0.6) is 6.01 Å². The highest BCUT2D eigenvalue weighted by Crippen LogP contribution is 2.28. The van der Waals surface area contributed by atoms with Gasteiger partial charge in [-0.1, -0.05) is 0 Å². The molecule has 1 aromatic rings. The Morgan fingerprint density at radius 1 is 1.21 bits per heavy atom. The Morgan fingerprint density at radius 2 is 2.00 bits per heavy atom. The van der Waals surface area contributed by atoms with Crippen molar-refractivity contribution < 1.29 is 9.47 Å². The van der Waals surface area contributed by atoms with Crippen LogP contribution in [-0.4, -0.2) is 48.9 Å². The average molecular weight is 267 g/mol. The van der Waals surface area contributed by atoms with Gasteiger partial charge in [0.1, 0.15) is 0 Å². The van der Waals surface area contributed by atoms with E-state index >= 15 is 0 Å². The van der Waals surface area contributed by atoms with Gasteiger partial charge in [0.25, 0.3) is 0 Å². The summed E-state index contributed by atoms with van der Waals surface area (Å²) in [7, 11) is 3.29. The van der Waals surface area contributed by atoms with Crippen LogP contribution in [0.2, 0.25) is 0 Å². The molecule has 19 heavy (non-hydrogen) atoms. The number of hydrogen-bond acceptors (Lipinski definition) is 7. The van der Waals surface area contributed by atoms with Crippen molar-refractivity contribution in [1.29, 1.82) is 0 Å². The van der Waals surface area contributed by atoms with Crippen molar-refractivity contribution in [2.45, 2.75) is 19.3 Å².